The highest BCUT2D eigenvalue weighted by Gasteiger charge is 2.13. The molecule has 0 atom stereocenters. The van der Waals surface area contributed by atoms with E-state index in [0.717, 1.165) is 19.6 Å². The minimum atomic E-state index is -0.0353. The van der Waals surface area contributed by atoms with Crippen molar-refractivity contribution in [2.45, 2.75) is 60.2 Å². The average molecular weight is 294 g/mol. The Morgan fingerprint density at radius 1 is 1.19 bits per heavy atom. The Morgan fingerprint density at radius 3 is 2.33 bits per heavy atom. The van der Waals surface area contributed by atoms with Gasteiger partial charge in [-0.2, -0.15) is 0 Å². The monoisotopic (exact) mass is 294 g/mol. The van der Waals surface area contributed by atoms with Crippen LogP contribution < -0.4 is 10.9 Å². The molecule has 0 fully saturated rings. The first-order chi connectivity index (χ1) is 9.82. The summed E-state index contributed by atoms with van der Waals surface area (Å²) in [6, 6.07) is 0.987. The molecule has 120 valence electrons. The highest BCUT2D eigenvalue weighted by molar-refractivity contribution is 5.30. The van der Waals surface area contributed by atoms with E-state index >= 15 is 0 Å². The van der Waals surface area contributed by atoms with Crippen LogP contribution in [0.3, 0.4) is 0 Å². The van der Waals surface area contributed by atoms with Crippen molar-refractivity contribution in [2.75, 3.05) is 18.4 Å². The van der Waals surface area contributed by atoms with Gasteiger partial charge in [-0.1, -0.05) is 13.8 Å². The summed E-state index contributed by atoms with van der Waals surface area (Å²) >= 11 is 0. The molecule has 21 heavy (non-hydrogen) atoms. The Bertz CT molecular complexity index is 471. The third-order valence-electron chi connectivity index (χ3n) is 3.46. The largest absolute Gasteiger partial charge is 0.364 e. The Hall–Kier alpha value is -1.36. The summed E-state index contributed by atoms with van der Waals surface area (Å²) in [6.07, 6.45) is 3.44. The number of nitrogens with zero attached hydrogens (tertiary/aromatic N) is 3. The molecule has 1 N–H and O–H groups in total. The Labute approximate surface area is 128 Å². The van der Waals surface area contributed by atoms with Crippen LogP contribution >= 0.6 is 0 Å². The van der Waals surface area contributed by atoms with Gasteiger partial charge in [0, 0.05) is 44.1 Å². The van der Waals surface area contributed by atoms with Crippen LogP contribution in [0.25, 0.3) is 0 Å². The van der Waals surface area contributed by atoms with E-state index < -0.39 is 0 Å². The van der Waals surface area contributed by atoms with Crippen LogP contribution in [0.15, 0.2) is 17.2 Å². The second-order valence-electron chi connectivity index (χ2n) is 6.48. The van der Waals surface area contributed by atoms with E-state index in [9.17, 15) is 4.79 Å². The molecule has 0 spiro atoms. The van der Waals surface area contributed by atoms with Crippen molar-refractivity contribution in [2.24, 2.45) is 5.92 Å². The van der Waals surface area contributed by atoms with E-state index in [0.29, 0.717) is 23.8 Å². The maximum Gasteiger partial charge on any atom is 0.293 e. The topological polar surface area (TPSA) is 50.2 Å². The van der Waals surface area contributed by atoms with Crippen LogP contribution in [-0.2, 0) is 6.54 Å². The summed E-state index contributed by atoms with van der Waals surface area (Å²) in [5.74, 6) is 0.890. The molecule has 1 aromatic rings. The van der Waals surface area contributed by atoms with E-state index in [-0.39, 0.29) is 5.56 Å². The van der Waals surface area contributed by atoms with Crippen LogP contribution in [0.2, 0.25) is 0 Å². The Morgan fingerprint density at radius 2 is 1.81 bits per heavy atom. The lowest BCUT2D eigenvalue weighted by Gasteiger charge is -2.30. The smallest absolute Gasteiger partial charge is 0.293 e. The molecule has 0 aliphatic carbocycles. The third-order valence-corrected chi connectivity index (χ3v) is 3.46. The summed E-state index contributed by atoms with van der Waals surface area (Å²) in [6.45, 7) is 15.3. The van der Waals surface area contributed by atoms with Gasteiger partial charge in [0.25, 0.3) is 5.56 Å². The minimum Gasteiger partial charge on any atom is -0.364 e. The predicted octanol–water partition coefficient (Wildman–Crippen LogP) is 2.43. The van der Waals surface area contributed by atoms with Crippen molar-refractivity contribution < 1.29 is 0 Å². The lowest BCUT2D eigenvalue weighted by atomic mass is 10.2. The molecule has 5 nitrogen and oxygen atoms in total. The van der Waals surface area contributed by atoms with Crippen LogP contribution in [0.1, 0.15) is 41.5 Å². The number of rotatable bonds is 8. The van der Waals surface area contributed by atoms with Gasteiger partial charge in [0.05, 0.1) is 0 Å². The molecule has 0 aliphatic rings. The highest BCUT2D eigenvalue weighted by Crippen LogP contribution is 2.04. The van der Waals surface area contributed by atoms with Crippen LogP contribution in [-0.4, -0.2) is 39.6 Å². The van der Waals surface area contributed by atoms with E-state index in [1.807, 2.05) is 0 Å². The molecule has 0 aliphatic heterocycles. The molecule has 5 heteroatoms. The van der Waals surface area contributed by atoms with Gasteiger partial charge >= 0.3 is 0 Å². The molecule has 1 rings (SSSR count). The van der Waals surface area contributed by atoms with Crippen molar-refractivity contribution in [3.05, 3.63) is 22.7 Å². The standard InChI is InChI=1S/C16H30N4O/c1-12(2)11-19-9-7-17-15(16(19)21)18-8-10-20(13(3)4)14(5)6/h7,9,12-14H,8,10-11H2,1-6H3,(H,17,18). The number of hydrogen-bond acceptors (Lipinski definition) is 4. The lowest BCUT2D eigenvalue weighted by Crippen LogP contribution is -2.40. The molecule has 0 aromatic carbocycles. The van der Waals surface area contributed by atoms with E-state index in [2.05, 4.69) is 56.7 Å². The van der Waals surface area contributed by atoms with Gasteiger partial charge in [-0.05, 0) is 33.6 Å². The second-order valence-corrected chi connectivity index (χ2v) is 6.48. The lowest BCUT2D eigenvalue weighted by molar-refractivity contribution is 0.182. The maximum atomic E-state index is 12.3. The molecule has 0 unspecified atom stereocenters. The van der Waals surface area contributed by atoms with Gasteiger partial charge in [0.2, 0.25) is 0 Å². The average Bonchev–Trinajstić information content (AvgIpc) is 2.37. The number of hydrogen-bond donors (Lipinski definition) is 1. The van der Waals surface area contributed by atoms with Crippen molar-refractivity contribution >= 4 is 5.82 Å². The molecule has 1 heterocycles. The zero-order chi connectivity index (χ0) is 16.0. The summed E-state index contributed by atoms with van der Waals surface area (Å²) in [4.78, 5) is 18.8. The maximum absolute atomic E-state index is 12.3. The Kier molecular flexibility index (Phi) is 6.89. The second kappa shape index (κ2) is 8.17. The fourth-order valence-corrected chi connectivity index (χ4v) is 2.52. The van der Waals surface area contributed by atoms with Gasteiger partial charge in [0.1, 0.15) is 0 Å². The normalized spacial score (nSPS) is 11.9. The Balaban J connectivity index is 2.66. The van der Waals surface area contributed by atoms with Crippen molar-refractivity contribution in [3.8, 4) is 0 Å². The number of anilines is 1. The quantitative estimate of drug-likeness (QED) is 0.800. The van der Waals surface area contributed by atoms with E-state index in [1.54, 1.807) is 17.0 Å². The minimum absolute atomic E-state index is 0.0353. The fourth-order valence-electron chi connectivity index (χ4n) is 2.52. The molecular weight excluding hydrogens is 264 g/mol. The summed E-state index contributed by atoms with van der Waals surface area (Å²) in [5, 5.41) is 3.18. The molecule has 0 saturated carbocycles. The molecule has 0 bridgehead atoms. The van der Waals surface area contributed by atoms with Crippen molar-refractivity contribution in [3.63, 3.8) is 0 Å². The zero-order valence-electron chi connectivity index (χ0n) is 14.3. The van der Waals surface area contributed by atoms with E-state index in [4.69, 9.17) is 0 Å². The van der Waals surface area contributed by atoms with E-state index in [1.165, 1.54) is 0 Å². The predicted molar refractivity (Wildman–Crippen MR) is 88.8 cm³/mol. The summed E-state index contributed by atoms with van der Waals surface area (Å²) in [7, 11) is 0. The summed E-state index contributed by atoms with van der Waals surface area (Å²) < 4.78 is 1.72. The van der Waals surface area contributed by atoms with Crippen LogP contribution in [0, 0.1) is 5.92 Å². The fraction of sp³-hybridized carbons (Fsp3) is 0.750. The van der Waals surface area contributed by atoms with Crippen LogP contribution in [0.5, 0.6) is 0 Å². The zero-order valence-corrected chi connectivity index (χ0v) is 14.3. The number of aromatic nitrogens is 2. The van der Waals surface area contributed by atoms with Gasteiger partial charge < -0.3 is 9.88 Å². The van der Waals surface area contributed by atoms with Gasteiger partial charge in [0.15, 0.2) is 5.82 Å². The first kappa shape index (κ1) is 17.7. The van der Waals surface area contributed by atoms with Gasteiger partial charge in [-0.3, -0.25) is 9.69 Å². The van der Waals surface area contributed by atoms with Crippen molar-refractivity contribution in [1.29, 1.82) is 0 Å². The molecule has 1 aromatic heterocycles. The van der Waals surface area contributed by atoms with Crippen LogP contribution in [0.4, 0.5) is 5.82 Å². The van der Waals surface area contributed by atoms with Gasteiger partial charge in [-0.15, -0.1) is 0 Å². The molecule has 0 amide bonds. The first-order valence-electron chi connectivity index (χ1n) is 7.88. The third kappa shape index (κ3) is 5.50. The highest BCUT2D eigenvalue weighted by atomic mass is 16.1. The first-order valence-corrected chi connectivity index (χ1v) is 7.88. The molecule has 0 radical (unpaired) electrons. The SMILES string of the molecule is CC(C)Cn1ccnc(NCCN(C(C)C)C(C)C)c1=O. The van der Waals surface area contributed by atoms with Gasteiger partial charge in [-0.25, -0.2) is 4.98 Å². The molecule has 0 saturated heterocycles. The molecular formula is C16H30N4O. The summed E-state index contributed by atoms with van der Waals surface area (Å²) in [5.41, 5.74) is -0.0353. The number of nitrogens with one attached hydrogen (secondary N) is 1. The van der Waals surface area contributed by atoms with Crippen molar-refractivity contribution in [1.82, 2.24) is 14.5 Å².